The molecule has 2 unspecified atom stereocenters. The first-order valence-corrected chi connectivity index (χ1v) is 7.43. The second-order valence-corrected chi connectivity index (χ2v) is 5.90. The van der Waals surface area contributed by atoms with Crippen molar-refractivity contribution in [2.45, 2.75) is 25.3 Å². The van der Waals surface area contributed by atoms with Gasteiger partial charge in [-0.25, -0.2) is 4.39 Å². The zero-order valence-electron chi connectivity index (χ0n) is 11.8. The highest BCUT2D eigenvalue weighted by Gasteiger charge is 2.34. The number of amides is 1. The molecule has 2 atom stereocenters. The largest absolute Gasteiger partial charge is 0.353 e. The van der Waals surface area contributed by atoms with E-state index in [1.807, 2.05) is 0 Å². The van der Waals surface area contributed by atoms with Crippen molar-refractivity contribution < 1.29 is 14.0 Å². The zero-order valence-corrected chi connectivity index (χ0v) is 11.8. The minimum absolute atomic E-state index is 0.132. The van der Waals surface area contributed by atoms with Gasteiger partial charge in [0.1, 0.15) is 5.82 Å². The number of benzene rings is 1. The number of fused-ring (bicyclic) bond motifs is 1. The highest BCUT2D eigenvalue weighted by atomic mass is 19.1. The standard InChI is InChI=1S/C16H19FN2O2/c17-13-4-2-1-3-12(13)15(20)10-19-8-7-14-11(9-19)5-6-16(21)18-14/h1-4,11,14H,5-10H2,(H,18,21). The van der Waals surface area contributed by atoms with Gasteiger partial charge in [-0.2, -0.15) is 0 Å². The molecule has 3 rings (SSSR count). The first kappa shape index (κ1) is 14.2. The maximum atomic E-state index is 13.6. The van der Waals surface area contributed by atoms with Crippen molar-refractivity contribution in [1.29, 1.82) is 0 Å². The Morgan fingerprint density at radius 3 is 2.95 bits per heavy atom. The average Bonchev–Trinajstić information content (AvgIpc) is 2.48. The van der Waals surface area contributed by atoms with Crippen LogP contribution in [0.3, 0.4) is 0 Å². The molecule has 1 N–H and O–H groups in total. The average molecular weight is 290 g/mol. The van der Waals surface area contributed by atoms with Crippen molar-refractivity contribution in [2.24, 2.45) is 5.92 Å². The third kappa shape index (κ3) is 3.13. The molecule has 2 heterocycles. The molecule has 1 aromatic rings. The van der Waals surface area contributed by atoms with Crippen molar-refractivity contribution in [3.05, 3.63) is 35.6 Å². The predicted molar refractivity (Wildman–Crippen MR) is 76.4 cm³/mol. The summed E-state index contributed by atoms with van der Waals surface area (Å²) in [4.78, 5) is 25.7. The fraction of sp³-hybridized carbons (Fsp3) is 0.500. The molecule has 5 heteroatoms. The van der Waals surface area contributed by atoms with Gasteiger partial charge in [0.15, 0.2) is 5.78 Å². The monoisotopic (exact) mass is 290 g/mol. The van der Waals surface area contributed by atoms with E-state index >= 15 is 0 Å². The molecule has 0 spiro atoms. The summed E-state index contributed by atoms with van der Waals surface area (Å²) in [7, 11) is 0. The Kier molecular flexibility index (Phi) is 4.01. The summed E-state index contributed by atoms with van der Waals surface area (Å²) in [5, 5.41) is 3.02. The Bertz CT molecular complexity index is 561. The second-order valence-electron chi connectivity index (χ2n) is 5.90. The van der Waals surface area contributed by atoms with Crippen LogP contribution in [0, 0.1) is 11.7 Å². The molecule has 4 nitrogen and oxygen atoms in total. The van der Waals surface area contributed by atoms with Gasteiger partial charge in [-0.1, -0.05) is 12.1 Å². The minimum Gasteiger partial charge on any atom is -0.353 e. The molecular formula is C16H19FN2O2. The van der Waals surface area contributed by atoms with E-state index in [2.05, 4.69) is 10.2 Å². The molecule has 112 valence electrons. The van der Waals surface area contributed by atoms with Crippen LogP contribution in [-0.2, 0) is 4.79 Å². The minimum atomic E-state index is -0.456. The molecule has 2 aliphatic rings. The quantitative estimate of drug-likeness (QED) is 0.860. The van der Waals surface area contributed by atoms with Gasteiger partial charge in [0.05, 0.1) is 12.1 Å². The fourth-order valence-corrected chi connectivity index (χ4v) is 3.30. The number of rotatable bonds is 3. The van der Waals surface area contributed by atoms with E-state index in [0.717, 1.165) is 25.9 Å². The van der Waals surface area contributed by atoms with E-state index in [9.17, 15) is 14.0 Å². The summed E-state index contributed by atoms with van der Waals surface area (Å²) in [6.07, 6.45) is 2.30. The normalized spacial score (nSPS) is 26.0. The molecule has 0 aromatic heterocycles. The van der Waals surface area contributed by atoms with Gasteiger partial charge in [0.25, 0.3) is 0 Å². The van der Waals surface area contributed by atoms with Crippen molar-refractivity contribution in [1.82, 2.24) is 10.2 Å². The zero-order chi connectivity index (χ0) is 14.8. The summed E-state index contributed by atoms with van der Waals surface area (Å²) < 4.78 is 13.6. The molecule has 2 aliphatic heterocycles. The summed E-state index contributed by atoms with van der Waals surface area (Å²) in [5.41, 5.74) is 0.163. The van der Waals surface area contributed by atoms with E-state index < -0.39 is 5.82 Å². The molecule has 2 fully saturated rings. The summed E-state index contributed by atoms with van der Waals surface area (Å²) >= 11 is 0. The maximum absolute atomic E-state index is 13.6. The van der Waals surface area contributed by atoms with Crippen LogP contribution in [0.25, 0.3) is 0 Å². The van der Waals surface area contributed by atoms with Crippen LogP contribution in [0.15, 0.2) is 24.3 Å². The van der Waals surface area contributed by atoms with Crippen LogP contribution in [0.5, 0.6) is 0 Å². The third-order valence-electron chi connectivity index (χ3n) is 4.45. The van der Waals surface area contributed by atoms with Crippen molar-refractivity contribution in [3.63, 3.8) is 0 Å². The number of hydrogen-bond donors (Lipinski definition) is 1. The molecular weight excluding hydrogens is 271 g/mol. The van der Waals surface area contributed by atoms with Gasteiger partial charge in [-0.3, -0.25) is 14.5 Å². The Morgan fingerprint density at radius 2 is 2.14 bits per heavy atom. The van der Waals surface area contributed by atoms with E-state index in [-0.39, 0.29) is 29.8 Å². The Morgan fingerprint density at radius 1 is 1.33 bits per heavy atom. The van der Waals surface area contributed by atoms with Gasteiger partial charge in [-0.15, -0.1) is 0 Å². The Hall–Kier alpha value is -1.75. The molecule has 0 bridgehead atoms. The highest BCUT2D eigenvalue weighted by molar-refractivity contribution is 5.97. The van der Waals surface area contributed by atoms with Crippen molar-refractivity contribution in [2.75, 3.05) is 19.6 Å². The number of nitrogens with zero attached hydrogens (tertiary/aromatic N) is 1. The number of nitrogens with one attached hydrogen (secondary N) is 1. The van der Waals surface area contributed by atoms with Crippen LogP contribution in [-0.4, -0.2) is 42.3 Å². The molecule has 21 heavy (non-hydrogen) atoms. The van der Waals surface area contributed by atoms with E-state index in [0.29, 0.717) is 12.3 Å². The van der Waals surface area contributed by atoms with E-state index in [1.165, 1.54) is 12.1 Å². The van der Waals surface area contributed by atoms with E-state index in [1.54, 1.807) is 12.1 Å². The number of piperidine rings is 2. The fourth-order valence-electron chi connectivity index (χ4n) is 3.30. The van der Waals surface area contributed by atoms with Gasteiger partial charge >= 0.3 is 0 Å². The molecule has 0 aliphatic carbocycles. The molecule has 2 saturated heterocycles. The van der Waals surface area contributed by atoms with Crippen molar-refractivity contribution in [3.8, 4) is 0 Å². The number of ketones is 1. The van der Waals surface area contributed by atoms with Crippen LogP contribution in [0.2, 0.25) is 0 Å². The lowest BCUT2D eigenvalue weighted by atomic mass is 9.85. The lowest BCUT2D eigenvalue weighted by Gasteiger charge is -2.41. The molecule has 1 amide bonds. The number of carbonyl (C=O) groups excluding carboxylic acids is 2. The molecule has 0 radical (unpaired) electrons. The number of Topliss-reactive ketones (excluding diaryl/α,β-unsaturated/α-hetero) is 1. The van der Waals surface area contributed by atoms with Gasteiger partial charge in [0.2, 0.25) is 5.91 Å². The third-order valence-corrected chi connectivity index (χ3v) is 4.45. The first-order chi connectivity index (χ1) is 10.1. The SMILES string of the molecule is O=C1CCC2CN(CC(=O)c3ccccc3F)CCC2N1. The number of carbonyl (C=O) groups is 2. The Balaban J connectivity index is 1.61. The summed E-state index contributed by atoms with van der Waals surface area (Å²) in [6, 6.07) is 6.36. The van der Waals surface area contributed by atoms with Gasteiger partial charge in [0, 0.05) is 25.6 Å². The lowest BCUT2D eigenvalue weighted by Crippen LogP contribution is -2.54. The summed E-state index contributed by atoms with van der Waals surface area (Å²) in [5.74, 6) is -0.0919. The number of halogens is 1. The smallest absolute Gasteiger partial charge is 0.220 e. The van der Waals surface area contributed by atoms with Gasteiger partial charge < -0.3 is 5.32 Å². The predicted octanol–water partition coefficient (Wildman–Crippen LogP) is 1.61. The van der Waals surface area contributed by atoms with Crippen LogP contribution < -0.4 is 5.32 Å². The van der Waals surface area contributed by atoms with Crippen LogP contribution in [0.4, 0.5) is 4.39 Å². The molecule has 0 saturated carbocycles. The topological polar surface area (TPSA) is 49.4 Å². The summed E-state index contributed by atoms with van der Waals surface area (Å²) in [6.45, 7) is 1.81. The number of likely N-dealkylation sites (tertiary alicyclic amines) is 1. The van der Waals surface area contributed by atoms with E-state index in [4.69, 9.17) is 0 Å². The number of hydrogen-bond acceptors (Lipinski definition) is 3. The van der Waals surface area contributed by atoms with Crippen LogP contribution in [0.1, 0.15) is 29.6 Å². The lowest BCUT2D eigenvalue weighted by molar-refractivity contribution is -0.125. The highest BCUT2D eigenvalue weighted by Crippen LogP contribution is 2.25. The Labute approximate surface area is 123 Å². The van der Waals surface area contributed by atoms with Gasteiger partial charge in [-0.05, 0) is 30.9 Å². The first-order valence-electron chi connectivity index (χ1n) is 7.43. The molecule has 1 aromatic carbocycles. The second kappa shape index (κ2) is 5.93. The van der Waals surface area contributed by atoms with Crippen molar-refractivity contribution >= 4 is 11.7 Å². The maximum Gasteiger partial charge on any atom is 0.220 e. The van der Waals surface area contributed by atoms with Crippen LogP contribution >= 0.6 is 0 Å².